The number of aliphatic hydroxyl groups is 1. The fourth-order valence-electron chi connectivity index (χ4n) is 7.63. The number of carbonyl (C=O) groups excluding carboxylic acids is 1. The van der Waals surface area contributed by atoms with Gasteiger partial charge in [-0.1, -0.05) is 232 Å². The minimum atomic E-state index is -4.56. The van der Waals surface area contributed by atoms with E-state index in [9.17, 15) is 19.4 Å². The highest BCUT2D eigenvalue weighted by Crippen LogP contribution is 2.38. The van der Waals surface area contributed by atoms with E-state index in [0.29, 0.717) is 23.9 Å². The Morgan fingerprint density at radius 1 is 0.544 bits per heavy atom. The Balaban J connectivity index is 4.14. The van der Waals surface area contributed by atoms with Crippen LogP contribution in [0.4, 0.5) is 0 Å². The lowest BCUT2D eigenvalue weighted by atomic mass is 10.0. The molecule has 0 aromatic heterocycles. The Bertz CT molecular complexity index is 901. The maximum Gasteiger partial charge on any atom is 0.268 e. The fraction of sp³-hybridized carbons (Fsp3) is 0.979. The molecule has 0 saturated carbocycles. The molecule has 0 rings (SSSR count). The number of hydrogen-bond donors (Lipinski definition) is 2. The molecule has 2 N–H and O–H groups in total. The van der Waals surface area contributed by atoms with Gasteiger partial charge in [-0.05, 0) is 12.8 Å². The Kier molecular flexibility index (Phi) is 40.5. The number of phosphoric ester groups is 1. The third kappa shape index (κ3) is 43.4. The number of hydrogen-bond acceptors (Lipinski definition) is 6. The number of amides is 1. The molecule has 0 aromatic rings. The Morgan fingerprint density at radius 2 is 0.860 bits per heavy atom. The Morgan fingerprint density at radius 3 is 1.19 bits per heavy atom. The summed E-state index contributed by atoms with van der Waals surface area (Å²) in [5.74, 6) is -0.160. The third-order valence-corrected chi connectivity index (χ3v) is 12.6. The molecule has 1 amide bonds. The lowest BCUT2D eigenvalue weighted by molar-refractivity contribution is -0.870. The van der Waals surface area contributed by atoms with Gasteiger partial charge in [-0.3, -0.25) is 9.36 Å². The predicted octanol–water partition coefficient (Wildman–Crippen LogP) is 13.5. The van der Waals surface area contributed by atoms with Crippen molar-refractivity contribution in [1.82, 2.24) is 5.32 Å². The van der Waals surface area contributed by atoms with Crippen LogP contribution >= 0.6 is 7.82 Å². The SMILES string of the molecule is CCCCCCCCCCCCCCCCCCCCCCCCCC(=O)NC(COP(=O)([O-])OCC[N+](C)(C)C)C(O)CCCCCCCCCCCCCC. The molecule has 3 atom stereocenters. The van der Waals surface area contributed by atoms with Gasteiger partial charge >= 0.3 is 0 Å². The molecule has 0 aliphatic rings. The molecular formula is C48H99N2O6P. The maximum atomic E-state index is 12.9. The smallest absolute Gasteiger partial charge is 0.268 e. The van der Waals surface area contributed by atoms with Crippen molar-refractivity contribution in [3.05, 3.63) is 0 Å². The average Bonchev–Trinajstić information content (AvgIpc) is 3.16. The summed E-state index contributed by atoms with van der Waals surface area (Å²) in [6.45, 7) is 4.75. The molecule has 9 heteroatoms. The average molecular weight is 831 g/mol. The van der Waals surface area contributed by atoms with Crippen LogP contribution in [0.15, 0.2) is 0 Å². The van der Waals surface area contributed by atoms with Gasteiger partial charge in [-0.25, -0.2) is 0 Å². The van der Waals surface area contributed by atoms with Crippen LogP contribution in [-0.4, -0.2) is 68.5 Å². The van der Waals surface area contributed by atoms with Crippen LogP contribution in [0.25, 0.3) is 0 Å². The number of quaternary nitrogens is 1. The molecule has 0 spiro atoms. The standard InChI is InChI=1S/C48H99N2O6P/c1-6-8-10-12-14-16-18-20-21-22-23-24-25-26-27-28-29-30-32-34-36-38-40-42-48(52)49-46(45-56-57(53,54)55-44-43-50(3,4)5)47(51)41-39-37-35-33-31-19-17-15-13-11-9-7-2/h46-47,51H,6-45H2,1-5H3,(H-,49,52,53,54). The van der Waals surface area contributed by atoms with Crippen molar-refractivity contribution >= 4 is 13.7 Å². The van der Waals surface area contributed by atoms with E-state index in [4.69, 9.17) is 9.05 Å². The maximum absolute atomic E-state index is 12.9. The lowest BCUT2D eigenvalue weighted by Crippen LogP contribution is -2.46. The van der Waals surface area contributed by atoms with Crippen LogP contribution in [-0.2, 0) is 18.4 Å². The molecule has 57 heavy (non-hydrogen) atoms. The van der Waals surface area contributed by atoms with E-state index in [1.54, 1.807) is 0 Å². The van der Waals surface area contributed by atoms with E-state index < -0.39 is 20.0 Å². The van der Waals surface area contributed by atoms with E-state index in [2.05, 4.69) is 19.2 Å². The summed E-state index contributed by atoms with van der Waals surface area (Å²) in [5, 5.41) is 13.9. The van der Waals surface area contributed by atoms with Crippen molar-refractivity contribution < 1.29 is 32.9 Å². The second kappa shape index (κ2) is 40.9. The van der Waals surface area contributed by atoms with Gasteiger partial charge in [0.15, 0.2) is 0 Å². The summed E-state index contributed by atoms with van der Waals surface area (Å²) in [6, 6.07) is -0.793. The number of aliphatic hydroxyl groups excluding tert-OH is 1. The zero-order valence-corrected chi connectivity index (χ0v) is 39.7. The molecule has 0 aliphatic heterocycles. The van der Waals surface area contributed by atoms with Gasteiger partial charge in [0.2, 0.25) is 5.91 Å². The molecule has 0 heterocycles. The van der Waals surface area contributed by atoms with Gasteiger partial charge in [0, 0.05) is 6.42 Å². The first-order valence-electron chi connectivity index (χ1n) is 24.9. The highest BCUT2D eigenvalue weighted by atomic mass is 31.2. The molecule has 0 bridgehead atoms. The molecule has 0 aromatic carbocycles. The second-order valence-electron chi connectivity index (χ2n) is 18.5. The minimum absolute atomic E-state index is 0.0161. The second-order valence-corrected chi connectivity index (χ2v) is 19.9. The molecular weight excluding hydrogens is 732 g/mol. The zero-order chi connectivity index (χ0) is 42.1. The molecule has 0 radical (unpaired) electrons. The quantitative estimate of drug-likeness (QED) is 0.0359. The Hall–Kier alpha value is -0.500. The highest BCUT2D eigenvalue weighted by Gasteiger charge is 2.24. The van der Waals surface area contributed by atoms with Gasteiger partial charge in [-0.15, -0.1) is 0 Å². The summed E-state index contributed by atoms with van der Waals surface area (Å²) < 4.78 is 23.3. The zero-order valence-electron chi connectivity index (χ0n) is 38.8. The first kappa shape index (κ1) is 56.5. The van der Waals surface area contributed by atoms with Crippen LogP contribution in [0, 0.1) is 0 Å². The summed E-state index contributed by atoms with van der Waals surface area (Å²) in [5.41, 5.74) is 0. The number of phosphoric acid groups is 1. The summed E-state index contributed by atoms with van der Waals surface area (Å²) >= 11 is 0. The molecule has 0 aliphatic carbocycles. The summed E-state index contributed by atoms with van der Waals surface area (Å²) in [7, 11) is 1.32. The van der Waals surface area contributed by atoms with Crippen molar-refractivity contribution in [3.8, 4) is 0 Å². The van der Waals surface area contributed by atoms with E-state index in [1.165, 1.54) is 186 Å². The van der Waals surface area contributed by atoms with Crippen molar-refractivity contribution in [2.24, 2.45) is 0 Å². The van der Waals surface area contributed by atoms with E-state index in [0.717, 1.165) is 38.5 Å². The van der Waals surface area contributed by atoms with Crippen LogP contribution in [0.2, 0.25) is 0 Å². The Labute approximate surface area is 355 Å². The van der Waals surface area contributed by atoms with Gasteiger partial charge in [0.05, 0.1) is 39.9 Å². The normalized spacial score (nSPS) is 14.2. The summed E-state index contributed by atoms with van der Waals surface area (Å²) in [4.78, 5) is 25.4. The predicted molar refractivity (Wildman–Crippen MR) is 243 cm³/mol. The first-order valence-corrected chi connectivity index (χ1v) is 26.3. The van der Waals surface area contributed by atoms with E-state index in [-0.39, 0.29) is 19.1 Å². The van der Waals surface area contributed by atoms with Gasteiger partial charge in [0.1, 0.15) is 13.2 Å². The van der Waals surface area contributed by atoms with Crippen LogP contribution in [0.1, 0.15) is 251 Å². The van der Waals surface area contributed by atoms with Gasteiger partial charge in [-0.2, -0.15) is 0 Å². The minimum Gasteiger partial charge on any atom is -0.756 e. The van der Waals surface area contributed by atoms with Crippen LogP contribution in [0.5, 0.6) is 0 Å². The van der Waals surface area contributed by atoms with Crippen LogP contribution in [0.3, 0.4) is 0 Å². The monoisotopic (exact) mass is 831 g/mol. The molecule has 0 fully saturated rings. The van der Waals surface area contributed by atoms with Crippen molar-refractivity contribution in [1.29, 1.82) is 0 Å². The number of likely N-dealkylation sites (N-methyl/N-ethyl adjacent to an activating group) is 1. The van der Waals surface area contributed by atoms with Crippen LogP contribution < -0.4 is 10.2 Å². The molecule has 8 nitrogen and oxygen atoms in total. The number of unbranched alkanes of at least 4 members (excludes halogenated alkanes) is 33. The molecule has 342 valence electrons. The highest BCUT2D eigenvalue weighted by molar-refractivity contribution is 7.45. The number of rotatable bonds is 46. The van der Waals surface area contributed by atoms with Gasteiger partial charge in [0.25, 0.3) is 7.82 Å². The van der Waals surface area contributed by atoms with E-state index in [1.807, 2.05) is 21.1 Å². The number of carbonyl (C=O) groups is 1. The largest absolute Gasteiger partial charge is 0.756 e. The van der Waals surface area contributed by atoms with Gasteiger partial charge < -0.3 is 28.8 Å². The van der Waals surface area contributed by atoms with E-state index >= 15 is 0 Å². The van der Waals surface area contributed by atoms with Crippen molar-refractivity contribution in [2.45, 2.75) is 264 Å². The first-order chi connectivity index (χ1) is 27.5. The third-order valence-electron chi connectivity index (χ3n) is 11.6. The number of nitrogens with zero attached hydrogens (tertiary/aromatic N) is 1. The summed E-state index contributed by atoms with van der Waals surface area (Å²) in [6.07, 6.45) is 45.4. The van der Waals surface area contributed by atoms with Crippen molar-refractivity contribution in [3.63, 3.8) is 0 Å². The topological polar surface area (TPSA) is 108 Å². The van der Waals surface area contributed by atoms with Crippen molar-refractivity contribution in [2.75, 3.05) is 40.9 Å². The fourth-order valence-corrected chi connectivity index (χ4v) is 8.35. The number of nitrogens with one attached hydrogen (secondary N) is 1. The molecule has 0 saturated heterocycles. The lowest BCUT2D eigenvalue weighted by Gasteiger charge is -2.30. The molecule has 3 unspecified atom stereocenters.